The highest BCUT2D eigenvalue weighted by Crippen LogP contribution is 2.30. The largest absolute Gasteiger partial charge is 0.333 e. The van der Waals surface area contributed by atoms with Gasteiger partial charge in [-0.15, -0.1) is 11.3 Å². The molecule has 5 heteroatoms. The fourth-order valence-corrected chi connectivity index (χ4v) is 3.45. The number of hydrogen-bond donors (Lipinski definition) is 1. The predicted molar refractivity (Wildman–Crippen MR) is 72.6 cm³/mol. The lowest BCUT2D eigenvalue weighted by Crippen LogP contribution is -2.33. The minimum Gasteiger partial charge on any atom is -0.333 e. The first-order chi connectivity index (χ1) is 8.84. The summed E-state index contributed by atoms with van der Waals surface area (Å²) in [7, 11) is 0. The van der Waals surface area contributed by atoms with Crippen LogP contribution in [-0.2, 0) is 6.54 Å². The molecular weight excluding hydrogens is 244 g/mol. The highest BCUT2D eigenvalue weighted by atomic mass is 32.1. The van der Waals surface area contributed by atoms with Crippen molar-refractivity contribution in [2.45, 2.75) is 44.8 Å². The second-order valence-corrected chi connectivity index (χ2v) is 5.80. The lowest BCUT2D eigenvalue weighted by molar-refractivity contribution is 0.391. The van der Waals surface area contributed by atoms with Crippen LogP contribution in [0.25, 0.3) is 0 Å². The van der Waals surface area contributed by atoms with E-state index < -0.39 is 0 Å². The van der Waals surface area contributed by atoms with E-state index in [9.17, 15) is 0 Å². The molecule has 1 aliphatic rings. The van der Waals surface area contributed by atoms with Gasteiger partial charge >= 0.3 is 0 Å². The number of hydrogen-bond acceptors (Lipinski definition) is 4. The first-order valence-electron chi connectivity index (χ1n) is 6.44. The maximum absolute atomic E-state index is 4.29. The molecule has 0 amide bonds. The van der Waals surface area contributed by atoms with Crippen molar-refractivity contribution in [2.75, 3.05) is 0 Å². The van der Waals surface area contributed by atoms with E-state index in [1.165, 1.54) is 24.1 Å². The van der Waals surface area contributed by atoms with Gasteiger partial charge in [-0.25, -0.2) is 9.97 Å². The van der Waals surface area contributed by atoms with Crippen LogP contribution in [-0.4, -0.2) is 20.6 Å². The third kappa shape index (κ3) is 2.33. The highest BCUT2D eigenvalue weighted by Gasteiger charge is 2.27. The van der Waals surface area contributed by atoms with E-state index in [0.29, 0.717) is 12.1 Å². The summed E-state index contributed by atoms with van der Waals surface area (Å²) >= 11 is 1.74. The van der Waals surface area contributed by atoms with Crippen LogP contribution in [0, 0.1) is 6.92 Å². The van der Waals surface area contributed by atoms with Crippen LogP contribution >= 0.6 is 11.3 Å². The molecule has 4 nitrogen and oxygen atoms in total. The Balaban J connectivity index is 1.64. The van der Waals surface area contributed by atoms with Gasteiger partial charge in [0, 0.05) is 35.9 Å². The Morgan fingerprint density at radius 2 is 2.44 bits per heavy atom. The van der Waals surface area contributed by atoms with E-state index in [2.05, 4.69) is 33.0 Å². The second kappa shape index (κ2) is 5.20. The van der Waals surface area contributed by atoms with Gasteiger partial charge in [-0.1, -0.05) is 0 Å². The number of rotatable bonds is 4. The average Bonchev–Trinajstić information content (AvgIpc) is 3.07. The summed E-state index contributed by atoms with van der Waals surface area (Å²) in [5, 5.41) is 3.68. The lowest BCUT2D eigenvalue weighted by atomic mass is 10.1. The van der Waals surface area contributed by atoms with Gasteiger partial charge in [0.15, 0.2) is 0 Å². The Kier molecular flexibility index (Phi) is 3.43. The van der Waals surface area contributed by atoms with E-state index in [1.807, 2.05) is 18.0 Å². The first kappa shape index (κ1) is 11.9. The van der Waals surface area contributed by atoms with Gasteiger partial charge in [-0.3, -0.25) is 0 Å². The molecule has 2 aromatic heterocycles. The molecule has 0 radical (unpaired) electrons. The molecule has 0 spiro atoms. The van der Waals surface area contributed by atoms with Crippen molar-refractivity contribution in [3.8, 4) is 0 Å². The van der Waals surface area contributed by atoms with E-state index in [1.54, 1.807) is 11.3 Å². The number of thiazole rings is 1. The molecule has 1 aliphatic carbocycles. The van der Waals surface area contributed by atoms with Crippen LogP contribution in [0.1, 0.15) is 35.9 Å². The summed E-state index contributed by atoms with van der Waals surface area (Å²) in [6.07, 6.45) is 9.66. The fourth-order valence-electron chi connectivity index (χ4n) is 2.72. The van der Waals surface area contributed by atoms with Crippen molar-refractivity contribution in [3.63, 3.8) is 0 Å². The molecule has 2 unspecified atom stereocenters. The lowest BCUT2D eigenvalue weighted by Gasteiger charge is -2.22. The van der Waals surface area contributed by atoms with Crippen LogP contribution in [0.4, 0.5) is 0 Å². The Bertz CT molecular complexity index is 491. The predicted octanol–water partition coefficient (Wildman–Crippen LogP) is 2.53. The number of nitrogens with one attached hydrogen (secondary N) is 1. The molecule has 18 heavy (non-hydrogen) atoms. The summed E-state index contributed by atoms with van der Waals surface area (Å²) in [6.45, 7) is 3.02. The van der Waals surface area contributed by atoms with Crippen LogP contribution in [0.15, 0.2) is 24.2 Å². The number of imidazole rings is 1. The Labute approximate surface area is 111 Å². The number of nitrogens with zero attached hydrogens (tertiary/aromatic N) is 3. The zero-order valence-corrected chi connectivity index (χ0v) is 11.4. The zero-order valence-electron chi connectivity index (χ0n) is 10.5. The third-order valence-electron chi connectivity index (χ3n) is 3.76. The van der Waals surface area contributed by atoms with E-state index >= 15 is 0 Å². The van der Waals surface area contributed by atoms with E-state index in [0.717, 1.165) is 12.2 Å². The topological polar surface area (TPSA) is 42.7 Å². The Morgan fingerprint density at radius 1 is 1.50 bits per heavy atom. The normalized spacial score (nSPS) is 23.6. The van der Waals surface area contributed by atoms with Crippen molar-refractivity contribution in [1.29, 1.82) is 0 Å². The maximum atomic E-state index is 4.29. The second-order valence-electron chi connectivity index (χ2n) is 4.86. The van der Waals surface area contributed by atoms with Crippen molar-refractivity contribution >= 4 is 11.3 Å². The molecule has 2 heterocycles. The molecule has 3 rings (SSSR count). The molecule has 1 saturated carbocycles. The molecule has 1 N–H and O–H groups in total. The molecule has 0 saturated heterocycles. The van der Waals surface area contributed by atoms with Gasteiger partial charge in [0.05, 0.1) is 17.5 Å². The van der Waals surface area contributed by atoms with E-state index in [4.69, 9.17) is 0 Å². The summed E-state index contributed by atoms with van der Waals surface area (Å²) in [5.41, 5.74) is 3.08. The SMILES string of the molecule is Cc1ncsc1CNC1CCCC1n1ccnc1. The average molecular weight is 262 g/mol. The Hall–Kier alpha value is -1.20. The summed E-state index contributed by atoms with van der Waals surface area (Å²) in [5.74, 6) is 0. The van der Waals surface area contributed by atoms with Gasteiger partial charge in [-0.2, -0.15) is 0 Å². The molecule has 1 fully saturated rings. The molecule has 2 atom stereocenters. The quantitative estimate of drug-likeness (QED) is 0.920. The summed E-state index contributed by atoms with van der Waals surface area (Å²) < 4.78 is 2.24. The smallest absolute Gasteiger partial charge is 0.0949 e. The molecule has 96 valence electrons. The molecule has 0 bridgehead atoms. The van der Waals surface area contributed by atoms with Gasteiger partial charge in [-0.05, 0) is 26.2 Å². The standard InChI is InChI=1S/C13H18N4S/c1-10-13(18-9-16-10)7-15-11-3-2-4-12(11)17-6-5-14-8-17/h5-6,8-9,11-12,15H,2-4,7H2,1H3. The zero-order chi connectivity index (χ0) is 12.4. The number of aryl methyl sites for hydroxylation is 1. The highest BCUT2D eigenvalue weighted by molar-refractivity contribution is 7.09. The minimum atomic E-state index is 0.556. The summed E-state index contributed by atoms with van der Waals surface area (Å²) in [6, 6.07) is 1.11. The van der Waals surface area contributed by atoms with Crippen LogP contribution in [0.2, 0.25) is 0 Å². The maximum Gasteiger partial charge on any atom is 0.0949 e. The molecular formula is C13H18N4S. The van der Waals surface area contributed by atoms with Gasteiger partial charge in [0.25, 0.3) is 0 Å². The third-order valence-corrected chi connectivity index (χ3v) is 4.69. The van der Waals surface area contributed by atoms with Crippen molar-refractivity contribution in [2.24, 2.45) is 0 Å². The fraction of sp³-hybridized carbons (Fsp3) is 0.538. The molecule has 0 aromatic carbocycles. The van der Waals surface area contributed by atoms with Gasteiger partial charge in [0.1, 0.15) is 0 Å². The first-order valence-corrected chi connectivity index (χ1v) is 7.32. The minimum absolute atomic E-state index is 0.556. The van der Waals surface area contributed by atoms with E-state index in [-0.39, 0.29) is 0 Å². The molecule has 0 aliphatic heterocycles. The monoisotopic (exact) mass is 262 g/mol. The van der Waals surface area contributed by atoms with Crippen molar-refractivity contribution in [1.82, 2.24) is 19.9 Å². The number of aromatic nitrogens is 3. The van der Waals surface area contributed by atoms with Crippen molar-refractivity contribution < 1.29 is 0 Å². The van der Waals surface area contributed by atoms with Crippen molar-refractivity contribution in [3.05, 3.63) is 34.8 Å². The Morgan fingerprint density at radius 3 is 3.17 bits per heavy atom. The summed E-state index contributed by atoms with van der Waals surface area (Å²) in [4.78, 5) is 9.80. The van der Waals surface area contributed by atoms with Crippen LogP contribution in [0.5, 0.6) is 0 Å². The van der Waals surface area contributed by atoms with Crippen LogP contribution < -0.4 is 5.32 Å². The van der Waals surface area contributed by atoms with Gasteiger partial charge in [0.2, 0.25) is 0 Å². The van der Waals surface area contributed by atoms with Crippen LogP contribution in [0.3, 0.4) is 0 Å². The molecule has 2 aromatic rings. The van der Waals surface area contributed by atoms with Gasteiger partial charge < -0.3 is 9.88 Å².